The predicted molar refractivity (Wildman–Crippen MR) is 62.7 cm³/mol. The number of ether oxygens (including phenoxy) is 1. The normalized spacial score (nSPS) is 29.6. The molecule has 1 aromatic rings. The van der Waals surface area contributed by atoms with Gasteiger partial charge in [0.05, 0.1) is 18.1 Å². The van der Waals surface area contributed by atoms with E-state index in [1.165, 1.54) is 22.9 Å². The fraction of sp³-hybridized carbons (Fsp3) is 0.455. The van der Waals surface area contributed by atoms with E-state index in [0.717, 1.165) is 6.20 Å². The number of aromatic nitrogens is 1. The van der Waals surface area contributed by atoms with Gasteiger partial charge in [0.2, 0.25) is 0 Å². The monoisotopic (exact) mass is 341 g/mol. The van der Waals surface area contributed by atoms with Gasteiger partial charge in [0.25, 0.3) is 14.1 Å². The van der Waals surface area contributed by atoms with E-state index in [-0.39, 0.29) is 24.4 Å². The first kappa shape index (κ1) is 20.3. The molecule has 122 valence electrons. The molecule has 3 N–H and O–H groups in total. The molecule has 0 radical (unpaired) electrons. The zero-order valence-corrected chi connectivity index (χ0v) is 12.9. The number of carbonyl (C=O) groups is 1. The predicted octanol–water partition coefficient (Wildman–Crippen LogP) is -6.56. The number of carboxylic acids is 1. The number of phosphoric acid groups is 1. The maximum absolute atomic E-state index is 10.8. The Morgan fingerprint density at radius 3 is 2.65 bits per heavy atom. The van der Waals surface area contributed by atoms with Crippen LogP contribution in [0.2, 0.25) is 0 Å². The summed E-state index contributed by atoms with van der Waals surface area (Å²) in [6.07, 6.45) is -2.82. The molecule has 5 unspecified atom stereocenters. The molecular formula is C11H13LiNO9P. The van der Waals surface area contributed by atoms with Crippen LogP contribution in [-0.2, 0) is 13.8 Å². The SMILES string of the molecule is O=C([O-])c1ccc[n+](C2OC(COP(=O)([O-])O)C(O)C2O)c1.[Li+]. The second kappa shape index (κ2) is 7.85. The van der Waals surface area contributed by atoms with Crippen molar-refractivity contribution in [2.24, 2.45) is 0 Å². The van der Waals surface area contributed by atoms with Gasteiger partial charge in [-0.05, 0) is 6.07 Å². The number of rotatable bonds is 5. The second-order valence-corrected chi connectivity index (χ2v) is 5.83. The first-order valence-corrected chi connectivity index (χ1v) is 7.60. The summed E-state index contributed by atoms with van der Waals surface area (Å²) in [5.41, 5.74) is -0.174. The molecule has 0 amide bonds. The molecule has 0 aliphatic carbocycles. The van der Waals surface area contributed by atoms with E-state index in [1.54, 1.807) is 0 Å². The topological polar surface area (TPSA) is 163 Å². The minimum atomic E-state index is -4.99. The van der Waals surface area contributed by atoms with Crippen LogP contribution in [0.25, 0.3) is 0 Å². The summed E-state index contributed by atoms with van der Waals surface area (Å²) >= 11 is 0. The summed E-state index contributed by atoms with van der Waals surface area (Å²) in [6, 6.07) is 2.64. The molecule has 1 aliphatic rings. The molecular weight excluding hydrogens is 328 g/mol. The fourth-order valence-electron chi connectivity index (χ4n) is 2.05. The van der Waals surface area contributed by atoms with Gasteiger partial charge in [0.15, 0.2) is 18.5 Å². The van der Waals surface area contributed by atoms with Gasteiger partial charge in [-0.3, -0.25) is 4.57 Å². The number of hydrogen-bond donors (Lipinski definition) is 3. The number of nitrogens with zero attached hydrogens (tertiary/aromatic N) is 1. The number of hydrogen-bond acceptors (Lipinski definition) is 8. The third kappa shape index (κ3) is 5.09. The smallest absolute Gasteiger partial charge is 0.756 e. The third-order valence-electron chi connectivity index (χ3n) is 3.09. The summed E-state index contributed by atoms with van der Waals surface area (Å²) in [5.74, 6) is -1.44. The van der Waals surface area contributed by atoms with Crippen LogP contribution in [0.1, 0.15) is 16.6 Å². The van der Waals surface area contributed by atoms with Gasteiger partial charge in [0, 0.05) is 6.07 Å². The molecule has 23 heavy (non-hydrogen) atoms. The van der Waals surface area contributed by atoms with Crippen LogP contribution in [0.4, 0.5) is 0 Å². The van der Waals surface area contributed by atoms with Crippen molar-refractivity contribution >= 4 is 13.8 Å². The summed E-state index contributed by atoms with van der Waals surface area (Å²) in [4.78, 5) is 29.8. The zero-order valence-electron chi connectivity index (χ0n) is 12.0. The summed E-state index contributed by atoms with van der Waals surface area (Å²) in [5, 5.41) is 30.5. The summed E-state index contributed by atoms with van der Waals surface area (Å²) in [6.45, 7) is -0.702. The van der Waals surface area contributed by atoms with Crippen LogP contribution in [-0.4, -0.2) is 46.0 Å². The number of phosphoric ester groups is 1. The average Bonchev–Trinajstić information content (AvgIpc) is 2.72. The number of aliphatic hydroxyl groups excluding tert-OH is 2. The Morgan fingerprint density at radius 2 is 2.09 bits per heavy atom. The van der Waals surface area contributed by atoms with Crippen LogP contribution >= 0.6 is 7.82 Å². The van der Waals surface area contributed by atoms with Crippen molar-refractivity contribution in [1.29, 1.82) is 0 Å². The largest absolute Gasteiger partial charge is 1.00 e. The quantitative estimate of drug-likeness (QED) is 0.268. The molecule has 1 aliphatic heterocycles. The van der Waals surface area contributed by atoms with Gasteiger partial charge in [-0.25, -0.2) is 0 Å². The van der Waals surface area contributed by atoms with Crippen LogP contribution in [0.5, 0.6) is 0 Å². The van der Waals surface area contributed by atoms with Crippen LogP contribution in [0.15, 0.2) is 24.5 Å². The van der Waals surface area contributed by atoms with E-state index in [4.69, 9.17) is 9.63 Å². The Labute approximate surface area is 142 Å². The van der Waals surface area contributed by atoms with E-state index in [9.17, 15) is 29.6 Å². The third-order valence-corrected chi connectivity index (χ3v) is 3.57. The van der Waals surface area contributed by atoms with Gasteiger partial charge >= 0.3 is 18.9 Å². The Kier molecular flexibility index (Phi) is 6.91. The minimum absolute atomic E-state index is 0. The Bertz CT molecular complexity index is 609. The number of aliphatic hydroxyl groups is 2. The average molecular weight is 341 g/mol. The molecule has 0 bridgehead atoms. The molecule has 0 spiro atoms. The van der Waals surface area contributed by atoms with Crippen LogP contribution < -0.4 is 33.4 Å². The van der Waals surface area contributed by atoms with Gasteiger partial charge in [-0.2, -0.15) is 4.57 Å². The molecule has 10 nitrogen and oxygen atoms in total. The zero-order chi connectivity index (χ0) is 16.5. The van der Waals surface area contributed by atoms with Crippen molar-refractivity contribution < 1.29 is 67.2 Å². The van der Waals surface area contributed by atoms with Gasteiger partial charge in [-0.1, -0.05) is 0 Å². The number of aromatic carboxylic acids is 1. The molecule has 12 heteroatoms. The molecule has 1 aromatic heterocycles. The van der Waals surface area contributed by atoms with Crippen molar-refractivity contribution in [2.45, 2.75) is 24.5 Å². The molecule has 0 aromatic carbocycles. The van der Waals surface area contributed by atoms with Crippen LogP contribution in [0, 0.1) is 0 Å². The Hall–Kier alpha value is -0.793. The fourth-order valence-corrected chi connectivity index (χ4v) is 2.39. The maximum atomic E-state index is 10.8. The van der Waals surface area contributed by atoms with Crippen LogP contribution in [0.3, 0.4) is 0 Å². The molecule has 2 heterocycles. The minimum Gasteiger partial charge on any atom is -0.756 e. The molecule has 1 saturated heterocycles. The van der Waals surface area contributed by atoms with Crippen molar-refractivity contribution in [3.8, 4) is 0 Å². The van der Waals surface area contributed by atoms with Gasteiger partial charge < -0.3 is 39.2 Å². The van der Waals surface area contributed by atoms with Gasteiger partial charge in [-0.15, -0.1) is 0 Å². The van der Waals surface area contributed by atoms with Crippen molar-refractivity contribution in [3.05, 3.63) is 30.1 Å². The summed E-state index contributed by atoms with van der Waals surface area (Å²) in [7, 11) is -4.99. The first-order chi connectivity index (χ1) is 10.2. The van der Waals surface area contributed by atoms with E-state index >= 15 is 0 Å². The number of carboxylic acid groups (broad SMARTS) is 1. The standard InChI is InChI=1S/C11H14NO9P.Li/c13-8-7(5-20-22(17,18)19)21-10(9(8)14)12-3-1-2-6(4-12)11(15)16;/h1-4,7-10,13-14H,5H2,(H2-,15,16,17,18,19);/q;+1/p-1. The van der Waals surface area contributed by atoms with E-state index in [0.29, 0.717) is 0 Å². The number of carbonyl (C=O) groups excluding carboxylic acids is 1. The van der Waals surface area contributed by atoms with E-state index < -0.39 is 44.9 Å². The van der Waals surface area contributed by atoms with Gasteiger partial charge in [0.1, 0.15) is 12.2 Å². The van der Waals surface area contributed by atoms with Crippen molar-refractivity contribution in [3.63, 3.8) is 0 Å². The number of pyridine rings is 1. The first-order valence-electron chi connectivity index (χ1n) is 6.11. The second-order valence-electron chi connectivity index (χ2n) is 4.64. The van der Waals surface area contributed by atoms with Crippen molar-refractivity contribution in [1.82, 2.24) is 0 Å². The molecule has 5 atom stereocenters. The van der Waals surface area contributed by atoms with E-state index in [2.05, 4.69) is 4.52 Å². The Morgan fingerprint density at radius 1 is 1.43 bits per heavy atom. The van der Waals surface area contributed by atoms with Crippen molar-refractivity contribution in [2.75, 3.05) is 6.61 Å². The van der Waals surface area contributed by atoms with E-state index in [1.807, 2.05) is 0 Å². The summed E-state index contributed by atoms with van der Waals surface area (Å²) < 4.78 is 21.1. The maximum Gasteiger partial charge on any atom is 1.00 e. The Balaban J connectivity index is 0.00000264. The molecule has 0 saturated carbocycles. The molecule has 2 rings (SSSR count). The molecule has 1 fully saturated rings.